The largest absolute Gasteiger partial charge is 0.390 e. The lowest BCUT2D eigenvalue weighted by molar-refractivity contribution is 0.149. The first kappa shape index (κ1) is 10.5. The smallest absolute Gasteiger partial charge is 0.266 e. The van der Waals surface area contributed by atoms with Gasteiger partial charge >= 0.3 is 0 Å². The summed E-state index contributed by atoms with van der Waals surface area (Å²) >= 11 is 3.04. The molecule has 0 amide bonds. The number of aliphatic hydroxyl groups is 1. The Kier molecular flexibility index (Phi) is 3.33. The molecular formula is C8H8BrF2NO. The number of nitrogens with zero attached hydrogens (tertiary/aromatic N) is 1. The maximum Gasteiger partial charge on any atom is 0.266 e. The molecule has 0 aliphatic rings. The Balaban J connectivity index is 3.23. The summed E-state index contributed by atoms with van der Waals surface area (Å²) in [4.78, 5) is 3.72. The molecule has 72 valence electrons. The lowest BCUT2D eigenvalue weighted by atomic mass is 10.1. The molecule has 0 saturated heterocycles. The normalized spacial score (nSPS) is 10.9. The van der Waals surface area contributed by atoms with E-state index in [1.54, 1.807) is 6.92 Å². The van der Waals surface area contributed by atoms with E-state index in [-0.39, 0.29) is 12.2 Å². The zero-order valence-electron chi connectivity index (χ0n) is 6.89. The number of hydrogen-bond acceptors (Lipinski definition) is 2. The molecule has 13 heavy (non-hydrogen) atoms. The zero-order valence-corrected chi connectivity index (χ0v) is 8.48. The molecule has 1 aromatic heterocycles. The van der Waals surface area contributed by atoms with Crippen molar-refractivity contribution in [2.24, 2.45) is 0 Å². The van der Waals surface area contributed by atoms with Crippen LogP contribution in [0.1, 0.15) is 23.2 Å². The topological polar surface area (TPSA) is 33.1 Å². The second-order valence-corrected chi connectivity index (χ2v) is 3.35. The quantitative estimate of drug-likeness (QED) is 0.877. The van der Waals surface area contributed by atoms with Gasteiger partial charge in [-0.25, -0.2) is 8.78 Å². The summed E-state index contributed by atoms with van der Waals surface area (Å²) in [6, 6.07) is 0. The number of aromatic nitrogens is 1. The number of rotatable bonds is 2. The zero-order chi connectivity index (χ0) is 10.0. The highest BCUT2D eigenvalue weighted by Crippen LogP contribution is 2.30. The summed E-state index contributed by atoms with van der Waals surface area (Å²) in [6.07, 6.45) is -1.47. The van der Waals surface area contributed by atoms with E-state index in [1.807, 2.05) is 0 Å². The first-order chi connectivity index (χ1) is 6.07. The molecule has 0 aromatic carbocycles. The summed E-state index contributed by atoms with van der Waals surface area (Å²) in [5.74, 6) is 0. The third-order valence-corrected chi connectivity index (χ3v) is 2.81. The molecule has 0 bridgehead atoms. The summed E-state index contributed by atoms with van der Waals surface area (Å²) in [5, 5.41) is 8.80. The Labute approximate surface area is 82.7 Å². The minimum atomic E-state index is -2.55. The summed E-state index contributed by atoms with van der Waals surface area (Å²) < 4.78 is 24.9. The number of hydrogen-bond donors (Lipinski definition) is 1. The second kappa shape index (κ2) is 4.11. The van der Waals surface area contributed by atoms with Crippen LogP contribution in [0.3, 0.4) is 0 Å². The van der Waals surface area contributed by atoms with Gasteiger partial charge in [-0.3, -0.25) is 4.98 Å². The molecule has 1 rings (SSSR count). The Bertz CT molecular complexity index is 317. The molecular weight excluding hydrogens is 244 g/mol. The fourth-order valence-electron chi connectivity index (χ4n) is 0.956. The van der Waals surface area contributed by atoms with Gasteiger partial charge in [0.15, 0.2) is 0 Å². The van der Waals surface area contributed by atoms with Gasteiger partial charge in [0, 0.05) is 10.7 Å². The first-order valence-electron chi connectivity index (χ1n) is 3.60. The number of aliphatic hydroxyl groups excluding tert-OH is 1. The molecule has 1 heterocycles. The van der Waals surface area contributed by atoms with E-state index < -0.39 is 6.43 Å². The van der Waals surface area contributed by atoms with Crippen LogP contribution in [0, 0.1) is 6.92 Å². The van der Waals surface area contributed by atoms with E-state index in [9.17, 15) is 8.78 Å². The van der Waals surface area contributed by atoms with Crippen molar-refractivity contribution < 1.29 is 13.9 Å². The van der Waals surface area contributed by atoms with Crippen LogP contribution in [-0.2, 0) is 6.61 Å². The fraction of sp³-hybridized carbons (Fsp3) is 0.375. The Hall–Kier alpha value is -0.550. The highest BCUT2D eigenvalue weighted by Gasteiger charge is 2.15. The van der Waals surface area contributed by atoms with Gasteiger partial charge < -0.3 is 5.11 Å². The molecule has 1 N–H and O–H groups in total. The van der Waals surface area contributed by atoms with Crippen LogP contribution in [0.5, 0.6) is 0 Å². The Morgan fingerprint density at radius 2 is 2.23 bits per heavy atom. The van der Waals surface area contributed by atoms with Crippen LogP contribution in [0.25, 0.3) is 0 Å². The minimum absolute atomic E-state index is 0.144. The van der Waals surface area contributed by atoms with Crippen LogP contribution in [0.15, 0.2) is 10.7 Å². The number of halogens is 3. The van der Waals surface area contributed by atoms with Gasteiger partial charge in [0.05, 0.1) is 17.9 Å². The Morgan fingerprint density at radius 1 is 1.62 bits per heavy atom. The van der Waals surface area contributed by atoms with E-state index >= 15 is 0 Å². The Morgan fingerprint density at radius 3 is 2.69 bits per heavy atom. The third kappa shape index (κ3) is 2.03. The van der Waals surface area contributed by atoms with Crippen molar-refractivity contribution in [3.8, 4) is 0 Å². The van der Waals surface area contributed by atoms with Crippen LogP contribution >= 0.6 is 15.9 Å². The third-order valence-electron chi connectivity index (χ3n) is 1.76. The second-order valence-electron chi connectivity index (χ2n) is 2.56. The van der Waals surface area contributed by atoms with E-state index in [2.05, 4.69) is 20.9 Å². The maximum atomic E-state index is 12.3. The molecule has 2 nitrogen and oxygen atoms in total. The minimum Gasteiger partial charge on any atom is -0.390 e. The van der Waals surface area contributed by atoms with Gasteiger partial charge in [-0.15, -0.1) is 0 Å². The molecule has 0 unspecified atom stereocenters. The van der Waals surface area contributed by atoms with Crippen molar-refractivity contribution in [3.05, 3.63) is 27.5 Å². The highest BCUT2D eigenvalue weighted by atomic mass is 79.9. The monoisotopic (exact) mass is 251 g/mol. The summed E-state index contributed by atoms with van der Waals surface area (Å²) in [5.41, 5.74) is 0.825. The fourth-order valence-corrected chi connectivity index (χ4v) is 1.46. The van der Waals surface area contributed by atoms with Crippen molar-refractivity contribution >= 4 is 15.9 Å². The molecule has 0 saturated carbocycles. The molecule has 0 aliphatic carbocycles. The average Bonchev–Trinajstić information content (AvgIpc) is 2.09. The van der Waals surface area contributed by atoms with Crippen LogP contribution < -0.4 is 0 Å². The molecule has 1 aromatic rings. The summed E-state index contributed by atoms with van der Waals surface area (Å²) in [7, 11) is 0. The van der Waals surface area contributed by atoms with Crippen LogP contribution in [0.2, 0.25) is 0 Å². The van der Waals surface area contributed by atoms with Gasteiger partial charge in [-0.1, -0.05) is 0 Å². The van der Waals surface area contributed by atoms with Crippen molar-refractivity contribution in [1.82, 2.24) is 4.98 Å². The SMILES string of the molecule is Cc1c(CO)ncc(C(F)F)c1Br. The van der Waals surface area contributed by atoms with Crippen molar-refractivity contribution in [1.29, 1.82) is 0 Å². The van der Waals surface area contributed by atoms with Crippen molar-refractivity contribution in [2.75, 3.05) is 0 Å². The van der Waals surface area contributed by atoms with Crippen molar-refractivity contribution in [3.63, 3.8) is 0 Å². The average molecular weight is 252 g/mol. The van der Waals surface area contributed by atoms with Gasteiger partial charge in [0.1, 0.15) is 0 Å². The van der Waals surface area contributed by atoms with Gasteiger partial charge in [-0.05, 0) is 28.4 Å². The maximum absolute atomic E-state index is 12.3. The standard InChI is InChI=1S/C8H8BrF2NO/c1-4-6(3-13)12-2-5(7(4)9)8(10)11/h2,8,13H,3H2,1H3. The lowest BCUT2D eigenvalue weighted by Crippen LogP contribution is -1.99. The molecule has 0 aliphatic heterocycles. The predicted octanol–water partition coefficient (Wildman–Crippen LogP) is 2.58. The van der Waals surface area contributed by atoms with Crippen LogP contribution in [0.4, 0.5) is 8.78 Å². The lowest BCUT2D eigenvalue weighted by Gasteiger charge is -2.08. The molecule has 0 radical (unpaired) electrons. The number of alkyl halides is 2. The number of pyridine rings is 1. The van der Waals surface area contributed by atoms with E-state index in [4.69, 9.17) is 5.11 Å². The van der Waals surface area contributed by atoms with E-state index in [1.165, 1.54) is 0 Å². The van der Waals surface area contributed by atoms with Crippen LogP contribution in [-0.4, -0.2) is 10.1 Å². The van der Waals surface area contributed by atoms with Gasteiger partial charge in [0.25, 0.3) is 6.43 Å². The molecule has 0 atom stereocenters. The molecule has 0 fully saturated rings. The van der Waals surface area contributed by atoms with Gasteiger partial charge in [0.2, 0.25) is 0 Å². The predicted molar refractivity (Wildman–Crippen MR) is 47.6 cm³/mol. The van der Waals surface area contributed by atoms with Crippen molar-refractivity contribution in [2.45, 2.75) is 20.0 Å². The summed E-state index contributed by atoms with van der Waals surface area (Å²) in [6.45, 7) is 1.39. The highest BCUT2D eigenvalue weighted by molar-refractivity contribution is 9.10. The van der Waals surface area contributed by atoms with Gasteiger partial charge in [-0.2, -0.15) is 0 Å². The van der Waals surface area contributed by atoms with E-state index in [0.717, 1.165) is 6.20 Å². The first-order valence-corrected chi connectivity index (χ1v) is 4.40. The molecule has 5 heteroatoms. The molecule has 0 spiro atoms. The van der Waals surface area contributed by atoms with E-state index in [0.29, 0.717) is 15.7 Å².